The molecule has 0 spiro atoms. The highest BCUT2D eigenvalue weighted by atomic mass is 19.1. The topological polar surface area (TPSA) is 49.3 Å². The largest absolute Gasteiger partial charge is 0.357 e. The van der Waals surface area contributed by atoms with Gasteiger partial charge in [0.15, 0.2) is 5.96 Å². The molecule has 1 aromatic heterocycles. The van der Waals surface area contributed by atoms with Gasteiger partial charge in [0.2, 0.25) is 0 Å². The first-order valence-electron chi connectivity index (χ1n) is 7.95. The summed E-state index contributed by atoms with van der Waals surface area (Å²) in [5.74, 6) is -0.344. The molecule has 0 fully saturated rings. The lowest BCUT2D eigenvalue weighted by Crippen LogP contribution is -2.38. The van der Waals surface area contributed by atoms with E-state index in [0.29, 0.717) is 19.0 Å². The van der Waals surface area contributed by atoms with Gasteiger partial charge in [0.25, 0.3) is 0 Å². The van der Waals surface area contributed by atoms with Crippen LogP contribution in [0.25, 0.3) is 0 Å². The van der Waals surface area contributed by atoms with Gasteiger partial charge in [-0.2, -0.15) is 0 Å². The summed E-state index contributed by atoms with van der Waals surface area (Å²) in [5, 5.41) is 6.30. The quantitative estimate of drug-likeness (QED) is 0.632. The average molecular weight is 332 g/mol. The van der Waals surface area contributed by atoms with Gasteiger partial charge in [0.05, 0.1) is 6.54 Å². The van der Waals surface area contributed by atoms with Gasteiger partial charge in [-0.05, 0) is 55.7 Å². The lowest BCUT2D eigenvalue weighted by atomic mass is 10.1. The van der Waals surface area contributed by atoms with Crippen molar-refractivity contribution in [3.05, 3.63) is 65.0 Å². The Kier molecular flexibility index (Phi) is 6.66. The van der Waals surface area contributed by atoms with Crippen molar-refractivity contribution >= 4 is 5.96 Å². The monoisotopic (exact) mass is 332 g/mol. The van der Waals surface area contributed by atoms with Crippen LogP contribution in [0.2, 0.25) is 0 Å². The standard InChI is InChI=1S/C18H22F2N4/c1-3-22-18(23-9-7-14-6-8-21-11-13(14)2)24-12-15-10-16(19)4-5-17(15)20/h4-6,8,10-11H,3,7,9,12H2,1-2H3,(H2,22,23,24). The number of nitrogens with zero attached hydrogens (tertiary/aromatic N) is 2. The number of halogens is 2. The van der Waals surface area contributed by atoms with E-state index in [1.54, 1.807) is 6.20 Å². The highest BCUT2D eigenvalue weighted by Crippen LogP contribution is 2.10. The zero-order valence-corrected chi connectivity index (χ0v) is 13.9. The van der Waals surface area contributed by atoms with Crippen molar-refractivity contribution < 1.29 is 8.78 Å². The van der Waals surface area contributed by atoms with Crippen LogP contribution in [0.5, 0.6) is 0 Å². The zero-order chi connectivity index (χ0) is 17.4. The SMILES string of the molecule is CCNC(=NCc1cc(F)ccc1F)NCCc1ccncc1C. The molecule has 0 amide bonds. The molecule has 0 atom stereocenters. The number of aromatic nitrogens is 1. The fourth-order valence-electron chi connectivity index (χ4n) is 2.27. The van der Waals surface area contributed by atoms with Gasteiger partial charge in [-0.15, -0.1) is 0 Å². The van der Waals surface area contributed by atoms with E-state index in [9.17, 15) is 8.78 Å². The van der Waals surface area contributed by atoms with Crippen molar-refractivity contribution in [2.24, 2.45) is 4.99 Å². The van der Waals surface area contributed by atoms with E-state index in [4.69, 9.17) is 0 Å². The van der Waals surface area contributed by atoms with Crippen LogP contribution in [-0.2, 0) is 13.0 Å². The molecule has 1 aromatic carbocycles. The number of aryl methyl sites for hydroxylation is 1. The minimum Gasteiger partial charge on any atom is -0.357 e. The Labute approximate surface area is 141 Å². The van der Waals surface area contributed by atoms with Crippen molar-refractivity contribution in [1.29, 1.82) is 0 Å². The maximum atomic E-state index is 13.6. The molecule has 1 heterocycles. The lowest BCUT2D eigenvalue weighted by molar-refractivity contribution is 0.585. The maximum Gasteiger partial charge on any atom is 0.191 e. The van der Waals surface area contributed by atoms with Gasteiger partial charge in [-0.1, -0.05) is 0 Å². The second-order valence-electron chi connectivity index (χ2n) is 5.41. The molecule has 0 radical (unpaired) electrons. The second-order valence-corrected chi connectivity index (χ2v) is 5.41. The molecule has 0 saturated heterocycles. The smallest absolute Gasteiger partial charge is 0.191 e. The van der Waals surface area contributed by atoms with Crippen LogP contribution in [0, 0.1) is 18.6 Å². The molecule has 2 aromatic rings. The molecule has 0 aliphatic rings. The van der Waals surface area contributed by atoms with Crippen LogP contribution in [0.3, 0.4) is 0 Å². The van der Waals surface area contributed by atoms with Crippen LogP contribution in [0.1, 0.15) is 23.6 Å². The number of rotatable bonds is 6. The highest BCUT2D eigenvalue weighted by Gasteiger charge is 2.04. The van der Waals surface area contributed by atoms with Gasteiger partial charge in [0.1, 0.15) is 11.6 Å². The van der Waals surface area contributed by atoms with E-state index in [-0.39, 0.29) is 12.1 Å². The highest BCUT2D eigenvalue weighted by molar-refractivity contribution is 5.79. The summed E-state index contributed by atoms with van der Waals surface area (Å²) in [5.41, 5.74) is 2.59. The third-order valence-electron chi connectivity index (χ3n) is 3.58. The van der Waals surface area contributed by atoms with E-state index < -0.39 is 11.6 Å². The molecule has 0 bridgehead atoms. The van der Waals surface area contributed by atoms with Gasteiger partial charge in [0, 0.05) is 31.0 Å². The Morgan fingerprint density at radius 2 is 2.00 bits per heavy atom. The molecule has 2 N–H and O–H groups in total. The zero-order valence-electron chi connectivity index (χ0n) is 13.9. The molecule has 0 saturated carbocycles. The van der Waals surface area contributed by atoms with Crippen LogP contribution >= 0.6 is 0 Å². The van der Waals surface area contributed by atoms with E-state index in [2.05, 4.69) is 20.6 Å². The summed E-state index contributed by atoms with van der Waals surface area (Å²) in [6.45, 7) is 5.42. The predicted molar refractivity (Wildman–Crippen MR) is 91.9 cm³/mol. The second kappa shape index (κ2) is 8.96. The normalized spacial score (nSPS) is 11.4. The van der Waals surface area contributed by atoms with Crippen molar-refractivity contribution in [2.45, 2.75) is 26.8 Å². The van der Waals surface area contributed by atoms with Crippen LogP contribution in [-0.4, -0.2) is 24.0 Å². The number of hydrogen-bond acceptors (Lipinski definition) is 2. The molecule has 128 valence electrons. The Morgan fingerprint density at radius 1 is 1.17 bits per heavy atom. The molecular formula is C18H22F2N4. The third kappa shape index (κ3) is 5.30. The summed E-state index contributed by atoms with van der Waals surface area (Å²) in [4.78, 5) is 8.39. The number of aliphatic imine (C=N–C) groups is 1. The molecule has 0 aliphatic heterocycles. The maximum absolute atomic E-state index is 13.6. The molecule has 24 heavy (non-hydrogen) atoms. The summed E-state index contributed by atoms with van der Waals surface area (Å²) in [7, 11) is 0. The third-order valence-corrected chi connectivity index (χ3v) is 3.58. The van der Waals surface area contributed by atoms with Crippen LogP contribution in [0.15, 0.2) is 41.7 Å². The van der Waals surface area contributed by atoms with Gasteiger partial charge in [-0.3, -0.25) is 4.98 Å². The number of guanidine groups is 1. The minimum absolute atomic E-state index is 0.0766. The molecule has 6 heteroatoms. The summed E-state index contributed by atoms with van der Waals surface area (Å²) < 4.78 is 26.8. The number of hydrogen-bond donors (Lipinski definition) is 2. The number of nitrogens with one attached hydrogen (secondary N) is 2. The van der Waals surface area contributed by atoms with Crippen LogP contribution < -0.4 is 10.6 Å². The Hall–Kier alpha value is -2.50. The van der Waals surface area contributed by atoms with Gasteiger partial charge >= 0.3 is 0 Å². The number of benzene rings is 1. The summed E-state index contributed by atoms with van der Waals surface area (Å²) >= 11 is 0. The van der Waals surface area contributed by atoms with E-state index in [1.165, 1.54) is 11.6 Å². The Bertz CT molecular complexity index is 701. The minimum atomic E-state index is -0.465. The van der Waals surface area contributed by atoms with Crippen molar-refractivity contribution in [3.63, 3.8) is 0 Å². The molecule has 0 aliphatic carbocycles. The van der Waals surface area contributed by atoms with Gasteiger partial charge < -0.3 is 10.6 Å². The average Bonchev–Trinajstić information content (AvgIpc) is 2.57. The van der Waals surface area contributed by atoms with Gasteiger partial charge in [-0.25, -0.2) is 13.8 Å². The van der Waals surface area contributed by atoms with E-state index >= 15 is 0 Å². The predicted octanol–water partition coefficient (Wildman–Crippen LogP) is 2.97. The lowest BCUT2D eigenvalue weighted by Gasteiger charge is -2.12. The first-order valence-corrected chi connectivity index (χ1v) is 7.95. The van der Waals surface area contributed by atoms with Crippen molar-refractivity contribution in [3.8, 4) is 0 Å². The number of pyridine rings is 1. The van der Waals surface area contributed by atoms with Crippen molar-refractivity contribution in [2.75, 3.05) is 13.1 Å². The summed E-state index contributed by atoms with van der Waals surface area (Å²) in [6, 6.07) is 5.38. The summed E-state index contributed by atoms with van der Waals surface area (Å²) in [6.07, 6.45) is 4.43. The Morgan fingerprint density at radius 3 is 2.75 bits per heavy atom. The molecular weight excluding hydrogens is 310 g/mol. The van der Waals surface area contributed by atoms with Crippen LogP contribution in [0.4, 0.5) is 8.78 Å². The fraction of sp³-hybridized carbons (Fsp3) is 0.333. The molecule has 0 unspecified atom stereocenters. The first kappa shape index (κ1) is 17.8. The molecule has 4 nitrogen and oxygen atoms in total. The fourth-order valence-corrected chi connectivity index (χ4v) is 2.27. The molecule has 2 rings (SSSR count). The van der Waals surface area contributed by atoms with E-state index in [1.807, 2.05) is 26.1 Å². The van der Waals surface area contributed by atoms with Crippen molar-refractivity contribution in [1.82, 2.24) is 15.6 Å². The first-order chi connectivity index (χ1) is 11.6. The Balaban J connectivity index is 1.95. The van der Waals surface area contributed by atoms with E-state index in [0.717, 1.165) is 24.1 Å².